The van der Waals surface area contributed by atoms with Crippen LogP contribution in [0, 0.1) is 6.92 Å². The predicted octanol–water partition coefficient (Wildman–Crippen LogP) is 6.33. The number of Topliss-reactive ketones (excluding diaryl/α,β-unsaturated/α-hetero) is 1. The molecule has 0 saturated carbocycles. The number of hydrogen-bond acceptors (Lipinski definition) is 6. The predicted molar refractivity (Wildman–Crippen MR) is 140 cm³/mol. The Morgan fingerprint density at radius 3 is 2.50 bits per heavy atom. The fraction of sp³-hybridized carbons (Fsp3) is 0.250. The normalized spacial score (nSPS) is 15.8. The van der Waals surface area contributed by atoms with Gasteiger partial charge in [0.1, 0.15) is 18.2 Å². The van der Waals surface area contributed by atoms with E-state index in [4.69, 9.17) is 42.1 Å². The zero-order valence-electron chi connectivity index (χ0n) is 20.2. The second kappa shape index (κ2) is 10.1. The lowest BCUT2D eigenvalue weighted by Crippen LogP contribution is -2.34. The maximum atomic E-state index is 13.2. The number of carbonyl (C=O) groups is 1. The van der Waals surface area contributed by atoms with Gasteiger partial charge < -0.3 is 18.9 Å². The van der Waals surface area contributed by atoms with Gasteiger partial charge in [0, 0.05) is 39.8 Å². The van der Waals surface area contributed by atoms with Crippen LogP contribution in [0.5, 0.6) is 23.0 Å². The monoisotopic (exact) mass is 525 g/mol. The van der Waals surface area contributed by atoms with Gasteiger partial charge in [0.2, 0.25) is 5.78 Å². The molecule has 8 heteroatoms. The van der Waals surface area contributed by atoms with Crippen LogP contribution in [0.25, 0.3) is 6.08 Å². The molecule has 0 atom stereocenters. The van der Waals surface area contributed by atoms with E-state index in [1.54, 1.807) is 38.5 Å². The number of carbonyl (C=O) groups excluding carboxylic acids is 1. The molecule has 2 aliphatic rings. The molecule has 0 radical (unpaired) electrons. The number of ether oxygens (including phenoxy) is 4. The molecule has 6 nitrogen and oxygen atoms in total. The van der Waals surface area contributed by atoms with Crippen molar-refractivity contribution in [3.63, 3.8) is 0 Å². The molecule has 0 saturated heterocycles. The number of methoxy groups -OCH3 is 2. The van der Waals surface area contributed by atoms with Crippen LogP contribution in [0.3, 0.4) is 0 Å². The van der Waals surface area contributed by atoms with E-state index in [2.05, 4.69) is 4.90 Å². The Kier molecular flexibility index (Phi) is 6.84. The zero-order chi connectivity index (χ0) is 25.4. The summed E-state index contributed by atoms with van der Waals surface area (Å²) in [5.74, 6) is 2.69. The van der Waals surface area contributed by atoms with E-state index in [1.165, 1.54) is 0 Å². The highest BCUT2D eigenvalue weighted by atomic mass is 35.5. The first-order chi connectivity index (χ1) is 17.4. The van der Waals surface area contributed by atoms with E-state index in [-0.39, 0.29) is 11.5 Å². The van der Waals surface area contributed by atoms with Crippen LogP contribution >= 0.6 is 23.2 Å². The third-order valence-electron chi connectivity index (χ3n) is 6.44. The van der Waals surface area contributed by atoms with Crippen molar-refractivity contribution in [2.45, 2.75) is 19.9 Å². The van der Waals surface area contributed by atoms with Crippen molar-refractivity contribution >= 4 is 35.1 Å². The average Bonchev–Trinajstić information content (AvgIpc) is 3.20. The van der Waals surface area contributed by atoms with Gasteiger partial charge in [-0.05, 0) is 55.3 Å². The van der Waals surface area contributed by atoms with Crippen molar-refractivity contribution in [2.24, 2.45) is 0 Å². The second-order valence-corrected chi connectivity index (χ2v) is 9.52. The minimum atomic E-state index is -0.200. The Morgan fingerprint density at radius 1 is 1.03 bits per heavy atom. The molecule has 2 aliphatic heterocycles. The first-order valence-electron chi connectivity index (χ1n) is 11.5. The van der Waals surface area contributed by atoms with Crippen molar-refractivity contribution in [1.29, 1.82) is 0 Å². The SMILES string of the molecule is COc1ccc(CCN2COc3c(cc4c(c3C)O/C(=C\c3c(Cl)cccc3Cl)C4=O)C2)cc1OC. The lowest BCUT2D eigenvalue weighted by molar-refractivity contribution is 0.0953. The van der Waals surface area contributed by atoms with Crippen LogP contribution in [-0.4, -0.2) is 38.2 Å². The van der Waals surface area contributed by atoms with E-state index in [1.807, 2.05) is 31.2 Å². The van der Waals surface area contributed by atoms with Crippen molar-refractivity contribution in [2.75, 3.05) is 27.5 Å². The summed E-state index contributed by atoms with van der Waals surface area (Å²) in [6.07, 6.45) is 2.41. The van der Waals surface area contributed by atoms with Gasteiger partial charge in [-0.15, -0.1) is 0 Å². The molecule has 0 fully saturated rings. The van der Waals surface area contributed by atoms with Crippen LogP contribution < -0.4 is 18.9 Å². The summed E-state index contributed by atoms with van der Waals surface area (Å²) in [6, 6.07) is 13.0. The van der Waals surface area contributed by atoms with Crippen molar-refractivity contribution in [1.82, 2.24) is 4.90 Å². The molecule has 0 amide bonds. The summed E-state index contributed by atoms with van der Waals surface area (Å²) in [7, 11) is 3.26. The van der Waals surface area contributed by atoms with Gasteiger partial charge in [0.25, 0.3) is 0 Å². The van der Waals surface area contributed by atoms with Crippen LogP contribution in [-0.2, 0) is 13.0 Å². The Balaban J connectivity index is 1.35. The maximum Gasteiger partial charge on any atom is 0.231 e. The molecule has 2 heterocycles. The van der Waals surface area contributed by atoms with E-state index in [0.29, 0.717) is 51.7 Å². The zero-order valence-corrected chi connectivity index (χ0v) is 21.7. The quantitative estimate of drug-likeness (QED) is 0.350. The lowest BCUT2D eigenvalue weighted by Gasteiger charge is -2.30. The molecule has 5 rings (SSSR count). The molecule has 36 heavy (non-hydrogen) atoms. The number of halogens is 2. The largest absolute Gasteiger partial charge is 0.493 e. The van der Waals surface area contributed by atoms with Crippen LogP contribution in [0.1, 0.15) is 32.6 Å². The third kappa shape index (κ3) is 4.52. The van der Waals surface area contributed by atoms with E-state index in [0.717, 1.165) is 35.4 Å². The summed E-state index contributed by atoms with van der Waals surface area (Å²) < 4.78 is 22.8. The van der Waals surface area contributed by atoms with E-state index >= 15 is 0 Å². The Morgan fingerprint density at radius 2 is 1.78 bits per heavy atom. The van der Waals surface area contributed by atoms with Gasteiger partial charge in [-0.3, -0.25) is 9.69 Å². The molecule has 3 aromatic carbocycles. The second-order valence-electron chi connectivity index (χ2n) is 8.71. The molecule has 0 aromatic heterocycles. The van der Waals surface area contributed by atoms with Gasteiger partial charge in [-0.1, -0.05) is 35.3 Å². The van der Waals surface area contributed by atoms with Crippen molar-refractivity contribution in [3.05, 3.63) is 86.1 Å². The van der Waals surface area contributed by atoms with Crippen LogP contribution in [0.15, 0.2) is 48.2 Å². The first kappa shape index (κ1) is 24.5. The van der Waals surface area contributed by atoms with Gasteiger partial charge in [-0.2, -0.15) is 0 Å². The number of hydrogen-bond donors (Lipinski definition) is 0. The topological polar surface area (TPSA) is 57.2 Å². The van der Waals surface area contributed by atoms with E-state index < -0.39 is 0 Å². The van der Waals surface area contributed by atoms with Crippen molar-refractivity contribution < 1.29 is 23.7 Å². The molecule has 0 unspecified atom stereocenters. The first-order valence-corrected chi connectivity index (χ1v) is 12.3. The average molecular weight is 526 g/mol. The number of nitrogens with zero attached hydrogens (tertiary/aromatic N) is 1. The molecular weight excluding hydrogens is 501 g/mol. The van der Waals surface area contributed by atoms with Gasteiger partial charge in [-0.25, -0.2) is 0 Å². The molecular formula is C28H25Cl2NO5. The third-order valence-corrected chi connectivity index (χ3v) is 7.10. The smallest absolute Gasteiger partial charge is 0.231 e. The van der Waals surface area contributed by atoms with Crippen molar-refractivity contribution in [3.8, 4) is 23.0 Å². The van der Waals surface area contributed by atoms with Gasteiger partial charge >= 0.3 is 0 Å². The van der Waals surface area contributed by atoms with Gasteiger partial charge in [0.05, 0.1) is 19.8 Å². The fourth-order valence-electron chi connectivity index (χ4n) is 4.54. The minimum absolute atomic E-state index is 0.191. The van der Waals surface area contributed by atoms with Crippen LogP contribution in [0.4, 0.5) is 0 Å². The summed E-state index contributed by atoms with van der Waals surface area (Å²) in [4.78, 5) is 15.4. The number of ketones is 1. The molecule has 0 bridgehead atoms. The fourth-order valence-corrected chi connectivity index (χ4v) is 5.05. The number of benzene rings is 3. The Labute approximate surface area is 219 Å². The maximum absolute atomic E-state index is 13.2. The molecule has 3 aromatic rings. The summed E-state index contributed by atoms with van der Waals surface area (Å²) in [5.41, 5.74) is 3.98. The Hall–Kier alpha value is -3.19. The van der Waals surface area contributed by atoms with Gasteiger partial charge in [0.15, 0.2) is 17.3 Å². The standard InChI is InChI=1S/C28H25Cl2NO5/c1-16-27-18(14-31(15-35-27)10-9-17-7-8-23(33-2)24(11-17)34-3)12-20-26(32)25(36-28(16)20)13-19-21(29)5-4-6-22(19)30/h4-8,11-13H,9-10,14-15H2,1-3H3/b25-13-. The number of fused-ring (bicyclic) bond motifs is 2. The number of allylic oxidation sites excluding steroid dienone is 1. The van der Waals surface area contributed by atoms with E-state index in [9.17, 15) is 4.79 Å². The summed E-state index contributed by atoms with van der Waals surface area (Å²) in [6.45, 7) is 3.81. The molecule has 0 spiro atoms. The summed E-state index contributed by atoms with van der Waals surface area (Å²) in [5, 5.41) is 0.902. The lowest BCUT2D eigenvalue weighted by atomic mass is 9.99. The highest BCUT2D eigenvalue weighted by Crippen LogP contribution is 2.43. The van der Waals surface area contributed by atoms with Crippen LogP contribution in [0.2, 0.25) is 10.0 Å². The Bertz CT molecular complexity index is 1360. The molecule has 0 N–H and O–H groups in total. The minimum Gasteiger partial charge on any atom is -0.493 e. The molecule has 186 valence electrons. The molecule has 0 aliphatic carbocycles. The highest BCUT2D eigenvalue weighted by Gasteiger charge is 2.34. The summed E-state index contributed by atoms with van der Waals surface area (Å²) >= 11 is 12.6. The number of rotatable bonds is 6. The highest BCUT2D eigenvalue weighted by molar-refractivity contribution is 6.37.